The maximum Gasteiger partial charge on any atom is 0.191 e. The Morgan fingerprint density at radius 3 is 2.58 bits per heavy atom. The molecule has 5 heteroatoms. The fourth-order valence-electron chi connectivity index (χ4n) is 2.65. The predicted octanol–water partition coefficient (Wildman–Crippen LogP) is 2.88. The molecule has 0 aliphatic rings. The first-order valence-electron chi connectivity index (χ1n) is 8.04. The van der Waals surface area contributed by atoms with Gasteiger partial charge in [-0.3, -0.25) is 9.98 Å². The smallest absolute Gasteiger partial charge is 0.191 e. The molecule has 128 valence electrons. The molecular weight excluding hydrogens is 300 g/mol. The van der Waals surface area contributed by atoms with Crippen molar-refractivity contribution in [3.63, 3.8) is 0 Å². The number of aromatic nitrogens is 1. The first-order chi connectivity index (χ1) is 11.5. The third-order valence-corrected chi connectivity index (χ3v) is 3.94. The van der Waals surface area contributed by atoms with E-state index in [0.717, 1.165) is 35.1 Å². The van der Waals surface area contributed by atoms with Gasteiger partial charge in [0, 0.05) is 30.9 Å². The molecule has 0 atom stereocenters. The molecule has 5 nitrogen and oxygen atoms in total. The Balaban J connectivity index is 1.97. The Bertz CT molecular complexity index is 725. The van der Waals surface area contributed by atoms with E-state index in [0.29, 0.717) is 6.54 Å². The van der Waals surface area contributed by atoms with Gasteiger partial charge in [-0.05, 0) is 26.3 Å². The van der Waals surface area contributed by atoms with Crippen LogP contribution in [0.15, 0.2) is 35.5 Å². The summed E-state index contributed by atoms with van der Waals surface area (Å²) in [4.78, 5) is 8.76. The molecule has 0 spiro atoms. The third kappa shape index (κ3) is 4.47. The molecule has 0 radical (unpaired) electrons. The summed E-state index contributed by atoms with van der Waals surface area (Å²) in [5.74, 6) is 1.64. The van der Waals surface area contributed by atoms with Crippen LogP contribution in [0.25, 0.3) is 0 Å². The minimum atomic E-state index is 0.593. The van der Waals surface area contributed by atoms with Crippen molar-refractivity contribution in [2.45, 2.75) is 33.9 Å². The summed E-state index contributed by atoms with van der Waals surface area (Å²) in [7, 11) is 3.45. The SMILES string of the molecule is CN=C(NCc1cccc(C)c1)NCc1ncc(C)c(OC)c1C. The van der Waals surface area contributed by atoms with Crippen molar-refractivity contribution in [1.29, 1.82) is 0 Å². The van der Waals surface area contributed by atoms with E-state index in [4.69, 9.17) is 4.74 Å². The molecule has 2 rings (SSSR count). The van der Waals surface area contributed by atoms with Gasteiger partial charge in [-0.25, -0.2) is 0 Å². The van der Waals surface area contributed by atoms with Gasteiger partial charge in [0.1, 0.15) is 5.75 Å². The lowest BCUT2D eigenvalue weighted by Crippen LogP contribution is -2.36. The topological polar surface area (TPSA) is 58.5 Å². The van der Waals surface area contributed by atoms with Gasteiger partial charge in [0.2, 0.25) is 0 Å². The first kappa shape index (κ1) is 17.8. The van der Waals surface area contributed by atoms with Gasteiger partial charge in [0.15, 0.2) is 5.96 Å². The molecule has 0 saturated heterocycles. The summed E-state index contributed by atoms with van der Waals surface area (Å²) in [6.07, 6.45) is 1.84. The zero-order valence-electron chi connectivity index (χ0n) is 15.1. The van der Waals surface area contributed by atoms with E-state index in [2.05, 4.69) is 51.8 Å². The summed E-state index contributed by atoms with van der Waals surface area (Å²) >= 11 is 0. The quantitative estimate of drug-likeness (QED) is 0.655. The fraction of sp³-hybridized carbons (Fsp3) is 0.368. The van der Waals surface area contributed by atoms with E-state index in [9.17, 15) is 0 Å². The monoisotopic (exact) mass is 326 g/mol. The van der Waals surface area contributed by atoms with Crippen molar-refractivity contribution in [3.8, 4) is 5.75 Å². The van der Waals surface area contributed by atoms with Crippen molar-refractivity contribution < 1.29 is 4.74 Å². The number of nitrogens with one attached hydrogen (secondary N) is 2. The molecule has 0 aliphatic heterocycles. The predicted molar refractivity (Wildman–Crippen MR) is 98.5 cm³/mol. The molecule has 0 fully saturated rings. The van der Waals surface area contributed by atoms with E-state index in [1.54, 1.807) is 14.2 Å². The Labute approximate surface area is 144 Å². The van der Waals surface area contributed by atoms with Crippen LogP contribution in [0, 0.1) is 20.8 Å². The maximum atomic E-state index is 5.45. The lowest BCUT2D eigenvalue weighted by molar-refractivity contribution is 0.406. The Hall–Kier alpha value is -2.56. The molecule has 1 aromatic carbocycles. The van der Waals surface area contributed by atoms with Gasteiger partial charge in [0.25, 0.3) is 0 Å². The van der Waals surface area contributed by atoms with Gasteiger partial charge >= 0.3 is 0 Å². The number of ether oxygens (including phenoxy) is 1. The van der Waals surface area contributed by atoms with Crippen molar-refractivity contribution >= 4 is 5.96 Å². The Kier molecular flexibility index (Phi) is 6.18. The van der Waals surface area contributed by atoms with E-state index < -0.39 is 0 Å². The van der Waals surface area contributed by atoms with E-state index in [1.165, 1.54) is 11.1 Å². The highest BCUT2D eigenvalue weighted by atomic mass is 16.5. The number of nitrogens with zero attached hydrogens (tertiary/aromatic N) is 2. The minimum Gasteiger partial charge on any atom is -0.496 e. The maximum absolute atomic E-state index is 5.45. The van der Waals surface area contributed by atoms with Crippen LogP contribution < -0.4 is 15.4 Å². The molecule has 0 amide bonds. The number of aliphatic imine (C=N–C) groups is 1. The van der Waals surface area contributed by atoms with Crippen LogP contribution >= 0.6 is 0 Å². The molecule has 1 heterocycles. The average molecular weight is 326 g/mol. The van der Waals surface area contributed by atoms with Gasteiger partial charge in [-0.1, -0.05) is 29.8 Å². The number of methoxy groups -OCH3 is 1. The van der Waals surface area contributed by atoms with Crippen LogP contribution in [0.4, 0.5) is 0 Å². The number of pyridine rings is 1. The van der Waals surface area contributed by atoms with Gasteiger partial charge in [0.05, 0.1) is 19.3 Å². The number of hydrogen-bond donors (Lipinski definition) is 2. The number of hydrogen-bond acceptors (Lipinski definition) is 3. The number of aryl methyl sites for hydroxylation is 2. The minimum absolute atomic E-state index is 0.593. The molecule has 0 aliphatic carbocycles. The van der Waals surface area contributed by atoms with Crippen LogP contribution in [0.1, 0.15) is 27.9 Å². The van der Waals surface area contributed by atoms with Crippen LogP contribution in [-0.4, -0.2) is 25.1 Å². The molecule has 2 N–H and O–H groups in total. The second kappa shape index (κ2) is 8.34. The summed E-state index contributed by atoms with van der Waals surface area (Å²) in [6, 6.07) is 8.42. The molecule has 1 aromatic heterocycles. The lowest BCUT2D eigenvalue weighted by Gasteiger charge is -2.15. The van der Waals surface area contributed by atoms with Crippen LogP contribution in [0.3, 0.4) is 0 Å². The van der Waals surface area contributed by atoms with Crippen molar-refractivity contribution in [2.24, 2.45) is 4.99 Å². The summed E-state index contributed by atoms with van der Waals surface area (Å²) < 4.78 is 5.45. The van der Waals surface area contributed by atoms with Gasteiger partial charge < -0.3 is 15.4 Å². The molecule has 2 aromatic rings. The van der Waals surface area contributed by atoms with Gasteiger partial charge in [-0.2, -0.15) is 0 Å². The summed E-state index contributed by atoms with van der Waals surface area (Å²) in [6.45, 7) is 7.44. The van der Waals surface area contributed by atoms with E-state index in [-0.39, 0.29) is 0 Å². The van der Waals surface area contributed by atoms with E-state index in [1.807, 2.05) is 20.0 Å². The average Bonchev–Trinajstić information content (AvgIpc) is 2.57. The fourth-order valence-corrected chi connectivity index (χ4v) is 2.65. The molecule has 0 saturated carbocycles. The van der Waals surface area contributed by atoms with Crippen molar-refractivity contribution in [1.82, 2.24) is 15.6 Å². The standard InChI is InChI=1S/C19H26N4O/c1-13-7-6-8-16(9-13)11-22-19(20-4)23-12-17-15(3)18(24-5)14(2)10-21-17/h6-10H,11-12H2,1-5H3,(H2,20,22,23). The zero-order chi connectivity index (χ0) is 17.5. The van der Waals surface area contributed by atoms with Gasteiger partial charge in [-0.15, -0.1) is 0 Å². The van der Waals surface area contributed by atoms with E-state index >= 15 is 0 Å². The number of rotatable bonds is 5. The molecule has 0 unspecified atom stereocenters. The normalized spacial score (nSPS) is 11.3. The Morgan fingerprint density at radius 1 is 1.17 bits per heavy atom. The third-order valence-electron chi connectivity index (χ3n) is 3.94. The van der Waals surface area contributed by atoms with Crippen LogP contribution in [0.2, 0.25) is 0 Å². The molecular formula is C19H26N4O. The van der Waals surface area contributed by atoms with Crippen molar-refractivity contribution in [3.05, 3.63) is 58.4 Å². The van der Waals surface area contributed by atoms with Crippen LogP contribution in [-0.2, 0) is 13.1 Å². The zero-order valence-corrected chi connectivity index (χ0v) is 15.1. The highest BCUT2D eigenvalue weighted by Gasteiger charge is 2.09. The molecule has 24 heavy (non-hydrogen) atoms. The lowest BCUT2D eigenvalue weighted by atomic mass is 10.1. The first-order valence-corrected chi connectivity index (χ1v) is 8.04. The highest BCUT2D eigenvalue weighted by Crippen LogP contribution is 2.23. The van der Waals surface area contributed by atoms with Crippen molar-refractivity contribution in [2.75, 3.05) is 14.2 Å². The highest BCUT2D eigenvalue weighted by molar-refractivity contribution is 5.79. The number of benzene rings is 1. The Morgan fingerprint density at radius 2 is 1.92 bits per heavy atom. The molecule has 0 bridgehead atoms. The largest absolute Gasteiger partial charge is 0.496 e. The summed E-state index contributed by atoms with van der Waals surface area (Å²) in [5, 5.41) is 6.63. The van der Waals surface area contributed by atoms with Crippen LogP contribution in [0.5, 0.6) is 5.75 Å². The number of guanidine groups is 1. The summed E-state index contributed by atoms with van der Waals surface area (Å²) in [5.41, 5.74) is 5.53. The second-order valence-corrected chi connectivity index (χ2v) is 5.81. The second-order valence-electron chi connectivity index (χ2n) is 5.81.